The third-order valence-electron chi connectivity index (χ3n) is 4.75. The number of nitrogens with zero attached hydrogens (tertiary/aromatic N) is 2. The Morgan fingerprint density at radius 2 is 2.15 bits per heavy atom. The van der Waals surface area contributed by atoms with Gasteiger partial charge in [-0.05, 0) is 62.1 Å². The number of ether oxygens (including phenoxy) is 1. The van der Waals surface area contributed by atoms with E-state index < -0.39 is 0 Å². The highest BCUT2D eigenvalue weighted by molar-refractivity contribution is 7.09. The molecule has 5 nitrogen and oxygen atoms in total. The first-order chi connectivity index (χ1) is 13.1. The van der Waals surface area contributed by atoms with Crippen molar-refractivity contribution in [1.82, 2.24) is 9.88 Å². The van der Waals surface area contributed by atoms with Gasteiger partial charge < -0.3 is 14.1 Å². The summed E-state index contributed by atoms with van der Waals surface area (Å²) in [5, 5.41) is 2.91. The van der Waals surface area contributed by atoms with Crippen LogP contribution < -0.4 is 4.74 Å². The monoisotopic (exact) mass is 382 g/mol. The molecule has 1 aliphatic carbocycles. The van der Waals surface area contributed by atoms with Crippen molar-refractivity contribution in [1.29, 1.82) is 0 Å². The van der Waals surface area contributed by atoms with E-state index in [4.69, 9.17) is 9.15 Å². The summed E-state index contributed by atoms with van der Waals surface area (Å²) in [7, 11) is 0. The Morgan fingerprint density at radius 1 is 1.30 bits per heavy atom. The Hall–Kier alpha value is -2.60. The lowest BCUT2D eigenvalue weighted by atomic mass is 10.1. The Balaban J connectivity index is 1.39. The largest absolute Gasteiger partial charge is 0.486 e. The number of amides is 1. The summed E-state index contributed by atoms with van der Waals surface area (Å²) in [6, 6.07) is 9.82. The molecule has 0 bridgehead atoms. The van der Waals surface area contributed by atoms with Gasteiger partial charge in [0.15, 0.2) is 5.76 Å². The fraction of sp³-hybridized carbons (Fsp3) is 0.333. The molecule has 2 aromatic heterocycles. The lowest BCUT2D eigenvalue weighted by Gasteiger charge is -2.20. The van der Waals surface area contributed by atoms with Crippen LogP contribution in [0.3, 0.4) is 0 Å². The first-order valence-electron chi connectivity index (χ1n) is 9.08. The van der Waals surface area contributed by atoms with Gasteiger partial charge in [0.2, 0.25) is 0 Å². The summed E-state index contributed by atoms with van der Waals surface area (Å²) in [6.07, 6.45) is 3.61. The molecule has 1 aliphatic rings. The highest BCUT2D eigenvalue weighted by Gasteiger charge is 2.34. The summed E-state index contributed by atoms with van der Waals surface area (Å²) in [4.78, 5) is 19.2. The number of aromatic nitrogens is 1. The zero-order valence-corrected chi connectivity index (χ0v) is 16.3. The average molecular weight is 382 g/mol. The fourth-order valence-corrected chi connectivity index (χ4v) is 3.60. The zero-order valence-electron chi connectivity index (χ0n) is 15.5. The van der Waals surface area contributed by atoms with E-state index in [1.807, 2.05) is 22.4 Å². The number of rotatable bonds is 7. The Morgan fingerprint density at radius 3 is 2.85 bits per heavy atom. The summed E-state index contributed by atoms with van der Waals surface area (Å²) < 4.78 is 11.1. The molecule has 0 N–H and O–H groups in total. The van der Waals surface area contributed by atoms with Crippen LogP contribution in [0.4, 0.5) is 0 Å². The van der Waals surface area contributed by atoms with Crippen LogP contribution in [0.15, 0.2) is 46.4 Å². The van der Waals surface area contributed by atoms with Crippen LogP contribution in [0.5, 0.6) is 5.75 Å². The van der Waals surface area contributed by atoms with Crippen molar-refractivity contribution in [3.05, 3.63) is 69.6 Å². The minimum Gasteiger partial charge on any atom is -0.486 e. The van der Waals surface area contributed by atoms with Crippen molar-refractivity contribution in [2.75, 3.05) is 0 Å². The second kappa shape index (κ2) is 7.56. The molecule has 27 heavy (non-hydrogen) atoms. The second-order valence-corrected chi connectivity index (χ2v) is 7.85. The van der Waals surface area contributed by atoms with Gasteiger partial charge in [-0.2, -0.15) is 0 Å². The van der Waals surface area contributed by atoms with Crippen LogP contribution in [0, 0.1) is 13.8 Å². The molecule has 140 valence electrons. The molecule has 1 saturated carbocycles. The predicted octanol–water partition coefficient (Wildman–Crippen LogP) is 4.74. The van der Waals surface area contributed by atoms with Crippen molar-refractivity contribution < 1.29 is 13.9 Å². The van der Waals surface area contributed by atoms with Crippen molar-refractivity contribution in [3.8, 4) is 5.75 Å². The molecular formula is C21H22N2O3S. The molecule has 1 amide bonds. The van der Waals surface area contributed by atoms with E-state index in [1.54, 1.807) is 23.5 Å². The highest BCUT2D eigenvalue weighted by Crippen LogP contribution is 2.30. The van der Waals surface area contributed by atoms with E-state index in [1.165, 1.54) is 17.4 Å². The number of hydrogen-bond donors (Lipinski definition) is 0. The normalized spacial score (nSPS) is 13.6. The van der Waals surface area contributed by atoms with E-state index in [-0.39, 0.29) is 5.91 Å². The third-order valence-corrected chi connectivity index (χ3v) is 5.62. The fourth-order valence-electron chi connectivity index (χ4n) is 2.91. The van der Waals surface area contributed by atoms with Gasteiger partial charge in [-0.1, -0.05) is 6.07 Å². The summed E-state index contributed by atoms with van der Waals surface area (Å²) in [5.41, 5.74) is 3.36. The zero-order chi connectivity index (χ0) is 18.8. The number of carbonyl (C=O) groups excluding carboxylic acids is 1. The van der Waals surface area contributed by atoms with Crippen molar-refractivity contribution in [2.45, 2.75) is 45.9 Å². The minimum absolute atomic E-state index is 0.0663. The van der Waals surface area contributed by atoms with Gasteiger partial charge >= 0.3 is 0 Å². The molecule has 6 heteroatoms. The molecule has 0 unspecified atom stereocenters. The van der Waals surface area contributed by atoms with Crippen molar-refractivity contribution in [2.24, 2.45) is 0 Å². The van der Waals surface area contributed by atoms with Crippen LogP contribution in [-0.4, -0.2) is 21.8 Å². The number of carbonyl (C=O) groups is 1. The SMILES string of the molecule is Cc1ccc(OCc2nc(CN(C(=O)c3ccco3)C3CC3)cs2)cc1C. The minimum atomic E-state index is -0.0663. The van der Waals surface area contributed by atoms with Crippen LogP contribution in [0.25, 0.3) is 0 Å². The maximum Gasteiger partial charge on any atom is 0.290 e. The topological polar surface area (TPSA) is 55.6 Å². The first kappa shape index (κ1) is 17.8. The maximum atomic E-state index is 12.7. The Labute approximate surface area is 162 Å². The molecule has 1 fully saturated rings. The molecule has 0 aliphatic heterocycles. The van der Waals surface area contributed by atoms with Crippen molar-refractivity contribution in [3.63, 3.8) is 0 Å². The molecule has 4 rings (SSSR count). The molecule has 1 aromatic carbocycles. The van der Waals surface area contributed by atoms with Gasteiger partial charge in [-0.15, -0.1) is 11.3 Å². The second-order valence-electron chi connectivity index (χ2n) is 6.91. The van der Waals surface area contributed by atoms with E-state index in [0.717, 1.165) is 29.3 Å². The molecule has 0 saturated heterocycles. The molecule has 3 aromatic rings. The molecule has 0 spiro atoms. The molecular weight excluding hydrogens is 360 g/mol. The van der Waals surface area contributed by atoms with Gasteiger partial charge in [-0.25, -0.2) is 4.98 Å². The standard InChI is InChI=1S/C21H22N2O3S/c1-14-5-8-18(10-15(14)2)26-12-20-22-16(13-27-20)11-23(17-6-7-17)21(24)19-4-3-9-25-19/h3-5,8-10,13,17H,6-7,11-12H2,1-2H3. The molecule has 2 heterocycles. The third kappa shape index (κ3) is 4.22. The van der Waals surface area contributed by atoms with Crippen LogP contribution in [0.2, 0.25) is 0 Å². The van der Waals surface area contributed by atoms with Gasteiger partial charge in [0.25, 0.3) is 5.91 Å². The number of hydrogen-bond acceptors (Lipinski definition) is 5. The quantitative estimate of drug-likeness (QED) is 0.592. The maximum absolute atomic E-state index is 12.7. The Kier molecular flexibility index (Phi) is 4.99. The van der Waals surface area contributed by atoms with Crippen LogP contribution >= 0.6 is 11.3 Å². The van der Waals surface area contributed by atoms with Crippen molar-refractivity contribution >= 4 is 17.2 Å². The van der Waals surface area contributed by atoms with Gasteiger partial charge in [-0.3, -0.25) is 4.79 Å². The lowest BCUT2D eigenvalue weighted by Crippen LogP contribution is -2.32. The van der Waals surface area contributed by atoms with E-state index >= 15 is 0 Å². The summed E-state index contributed by atoms with van der Waals surface area (Å²) in [6.45, 7) is 5.10. The van der Waals surface area contributed by atoms with E-state index in [0.29, 0.717) is 25.0 Å². The van der Waals surface area contributed by atoms with Gasteiger partial charge in [0, 0.05) is 11.4 Å². The Bertz CT molecular complexity index is 929. The summed E-state index contributed by atoms with van der Waals surface area (Å²) >= 11 is 1.56. The summed E-state index contributed by atoms with van der Waals surface area (Å²) in [5.74, 6) is 1.17. The average Bonchev–Trinajstić information content (AvgIpc) is 3.17. The highest BCUT2D eigenvalue weighted by atomic mass is 32.1. The number of benzene rings is 1. The van der Waals surface area contributed by atoms with Gasteiger partial charge in [0.05, 0.1) is 18.5 Å². The van der Waals surface area contributed by atoms with Gasteiger partial charge in [0.1, 0.15) is 17.4 Å². The van der Waals surface area contributed by atoms with Crippen LogP contribution in [-0.2, 0) is 13.2 Å². The predicted molar refractivity (Wildman–Crippen MR) is 104 cm³/mol. The smallest absolute Gasteiger partial charge is 0.290 e. The number of thiazole rings is 1. The molecule has 0 atom stereocenters. The first-order valence-corrected chi connectivity index (χ1v) is 9.96. The number of aryl methyl sites for hydroxylation is 2. The molecule has 0 radical (unpaired) electrons. The van der Waals surface area contributed by atoms with E-state index in [9.17, 15) is 4.79 Å². The lowest BCUT2D eigenvalue weighted by molar-refractivity contribution is 0.0695. The number of furan rings is 1. The van der Waals surface area contributed by atoms with E-state index in [2.05, 4.69) is 24.9 Å². The van der Waals surface area contributed by atoms with Crippen LogP contribution in [0.1, 0.15) is 45.2 Å².